The third-order valence-electron chi connectivity index (χ3n) is 3.24. The molecule has 1 aliphatic heterocycles. The predicted octanol–water partition coefficient (Wildman–Crippen LogP) is 2.22. The summed E-state index contributed by atoms with van der Waals surface area (Å²) in [5.41, 5.74) is 3.04. The third-order valence-corrected chi connectivity index (χ3v) is 4.43. The zero-order valence-corrected chi connectivity index (χ0v) is 11.8. The number of benzene rings is 1. The van der Waals surface area contributed by atoms with Gasteiger partial charge in [-0.2, -0.15) is 17.0 Å². The van der Waals surface area contributed by atoms with E-state index < -0.39 is 0 Å². The van der Waals surface area contributed by atoms with E-state index in [-0.39, 0.29) is 0 Å². The molecule has 0 aromatic heterocycles. The molecule has 0 amide bonds. The van der Waals surface area contributed by atoms with E-state index in [9.17, 15) is 5.26 Å². The van der Waals surface area contributed by atoms with Gasteiger partial charge in [0.15, 0.2) is 0 Å². The Bertz CT molecular complexity index is 453. The highest BCUT2D eigenvalue weighted by atomic mass is 32.2. The van der Waals surface area contributed by atoms with Crippen LogP contribution in [0.4, 0.5) is 5.69 Å². The van der Waals surface area contributed by atoms with Gasteiger partial charge in [-0.25, -0.2) is 0 Å². The van der Waals surface area contributed by atoms with Crippen LogP contribution in [-0.4, -0.2) is 31.1 Å². The first-order valence-electron chi connectivity index (χ1n) is 6.28. The van der Waals surface area contributed by atoms with E-state index in [1.165, 1.54) is 0 Å². The molecule has 3 nitrogen and oxygen atoms in total. The number of rotatable bonds is 3. The Hall–Kier alpha value is -1.18. The average Bonchev–Trinajstić information content (AvgIpc) is 2.40. The van der Waals surface area contributed by atoms with Gasteiger partial charge >= 0.3 is 0 Å². The molecule has 96 valence electrons. The quantitative estimate of drug-likeness (QED) is 0.905. The fourth-order valence-electron chi connectivity index (χ4n) is 2.32. The Balaban J connectivity index is 2.29. The number of hydrogen-bond acceptors (Lipinski definition) is 4. The van der Waals surface area contributed by atoms with Crippen LogP contribution >= 0.6 is 11.8 Å². The number of nitrogens with zero attached hydrogens (tertiary/aromatic N) is 2. The first-order valence-corrected chi connectivity index (χ1v) is 7.43. The van der Waals surface area contributed by atoms with Crippen molar-refractivity contribution in [1.29, 1.82) is 5.26 Å². The van der Waals surface area contributed by atoms with Crippen molar-refractivity contribution in [2.24, 2.45) is 0 Å². The molecule has 0 radical (unpaired) electrons. The summed E-state index contributed by atoms with van der Waals surface area (Å²) >= 11 is 1.99. The van der Waals surface area contributed by atoms with Gasteiger partial charge in [0.1, 0.15) is 6.07 Å². The van der Waals surface area contributed by atoms with Crippen molar-refractivity contribution in [3.05, 3.63) is 29.3 Å². The van der Waals surface area contributed by atoms with Crippen LogP contribution in [0.25, 0.3) is 0 Å². The topological polar surface area (TPSA) is 39.1 Å². The molecule has 1 unspecified atom stereocenters. The lowest BCUT2D eigenvalue weighted by atomic mass is 10.1. The van der Waals surface area contributed by atoms with Gasteiger partial charge in [-0.3, -0.25) is 0 Å². The molecular formula is C14H19N3S. The third kappa shape index (κ3) is 2.80. The first kappa shape index (κ1) is 13.3. The van der Waals surface area contributed by atoms with Crippen LogP contribution in [0.1, 0.15) is 18.1 Å². The molecule has 1 aliphatic rings. The second-order valence-corrected chi connectivity index (χ2v) is 5.76. The van der Waals surface area contributed by atoms with E-state index in [1.807, 2.05) is 24.9 Å². The number of thioether (sulfide) groups is 1. The van der Waals surface area contributed by atoms with Gasteiger partial charge in [0, 0.05) is 30.6 Å². The summed E-state index contributed by atoms with van der Waals surface area (Å²) in [7, 11) is 1.92. The van der Waals surface area contributed by atoms with Crippen LogP contribution in [0, 0.1) is 11.3 Å². The van der Waals surface area contributed by atoms with E-state index in [4.69, 9.17) is 0 Å². The summed E-state index contributed by atoms with van der Waals surface area (Å²) in [6.45, 7) is 4.07. The van der Waals surface area contributed by atoms with E-state index in [1.54, 1.807) is 0 Å². The first-order chi connectivity index (χ1) is 8.76. The van der Waals surface area contributed by atoms with Crippen molar-refractivity contribution in [3.63, 3.8) is 0 Å². The molecule has 0 aliphatic carbocycles. The highest BCUT2D eigenvalue weighted by Crippen LogP contribution is 2.27. The van der Waals surface area contributed by atoms with Crippen molar-refractivity contribution in [2.75, 3.05) is 30.0 Å². The van der Waals surface area contributed by atoms with Crippen LogP contribution in [-0.2, 0) is 6.54 Å². The minimum absolute atomic E-state index is 0.506. The smallest absolute Gasteiger partial charge is 0.101 e. The number of nitrogens with one attached hydrogen (secondary N) is 1. The molecule has 0 saturated carbocycles. The molecule has 4 heteroatoms. The summed E-state index contributed by atoms with van der Waals surface area (Å²) in [6, 6.07) is 9.05. The maximum Gasteiger partial charge on any atom is 0.101 e. The minimum Gasteiger partial charge on any atom is -0.366 e. The van der Waals surface area contributed by atoms with E-state index >= 15 is 0 Å². The average molecular weight is 261 g/mol. The van der Waals surface area contributed by atoms with Gasteiger partial charge < -0.3 is 10.2 Å². The van der Waals surface area contributed by atoms with Crippen LogP contribution in [0.5, 0.6) is 0 Å². The molecule has 0 bridgehead atoms. The SMILES string of the molecule is CNCc1ccc(N2CCSCC2C)c(C#N)c1. The van der Waals surface area contributed by atoms with Gasteiger partial charge in [-0.05, 0) is 31.7 Å². The minimum atomic E-state index is 0.506. The molecule has 1 aromatic carbocycles. The number of anilines is 1. The van der Waals surface area contributed by atoms with Crippen molar-refractivity contribution in [3.8, 4) is 6.07 Å². The summed E-state index contributed by atoms with van der Waals surface area (Å²) in [6.07, 6.45) is 0. The summed E-state index contributed by atoms with van der Waals surface area (Å²) in [5.74, 6) is 2.29. The zero-order chi connectivity index (χ0) is 13.0. The Morgan fingerprint density at radius 2 is 2.39 bits per heavy atom. The van der Waals surface area contributed by atoms with Gasteiger partial charge in [0.2, 0.25) is 0 Å². The maximum atomic E-state index is 9.33. The van der Waals surface area contributed by atoms with Crippen LogP contribution in [0.3, 0.4) is 0 Å². The van der Waals surface area contributed by atoms with E-state index in [2.05, 4.69) is 35.3 Å². The highest BCUT2D eigenvalue weighted by Gasteiger charge is 2.21. The second-order valence-electron chi connectivity index (χ2n) is 4.61. The lowest BCUT2D eigenvalue weighted by Crippen LogP contribution is -2.40. The van der Waals surface area contributed by atoms with Crippen LogP contribution < -0.4 is 10.2 Å². The largest absolute Gasteiger partial charge is 0.366 e. The molecule has 2 rings (SSSR count). The van der Waals surface area contributed by atoms with Gasteiger partial charge in [-0.1, -0.05) is 6.07 Å². The van der Waals surface area contributed by atoms with Gasteiger partial charge in [0.05, 0.1) is 11.3 Å². The highest BCUT2D eigenvalue weighted by molar-refractivity contribution is 7.99. The fraction of sp³-hybridized carbons (Fsp3) is 0.500. The van der Waals surface area contributed by atoms with Crippen molar-refractivity contribution in [2.45, 2.75) is 19.5 Å². The summed E-state index contributed by atoms with van der Waals surface area (Å²) in [5, 5.41) is 12.4. The number of hydrogen-bond donors (Lipinski definition) is 1. The Kier molecular flexibility index (Phi) is 4.51. The van der Waals surface area contributed by atoms with Crippen LogP contribution in [0.15, 0.2) is 18.2 Å². The second kappa shape index (κ2) is 6.12. The van der Waals surface area contributed by atoms with Crippen molar-refractivity contribution >= 4 is 17.4 Å². The fourth-order valence-corrected chi connectivity index (χ4v) is 3.34. The Labute approximate surface area is 113 Å². The summed E-state index contributed by atoms with van der Waals surface area (Å²) in [4.78, 5) is 2.36. The zero-order valence-electron chi connectivity index (χ0n) is 10.9. The van der Waals surface area contributed by atoms with Crippen LogP contribution in [0.2, 0.25) is 0 Å². The van der Waals surface area contributed by atoms with Gasteiger partial charge in [0.25, 0.3) is 0 Å². The maximum absolute atomic E-state index is 9.33. The lowest BCUT2D eigenvalue weighted by molar-refractivity contribution is 0.698. The molecule has 18 heavy (non-hydrogen) atoms. The number of nitriles is 1. The Morgan fingerprint density at radius 1 is 1.56 bits per heavy atom. The molecular weight excluding hydrogens is 242 g/mol. The van der Waals surface area contributed by atoms with Gasteiger partial charge in [-0.15, -0.1) is 0 Å². The molecule has 1 saturated heterocycles. The lowest BCUT2D eigenvalue weighted by Gasteiger charge is -2.35. The van der Waals surface area contributed by atoms with E-state index in [0.717, 1.165) is 41.4 Å². The standard InChI is InChI=1S/C14H19N3S/c1-11-10-18-6-5-17(11)14-4-3-12(9-16-2)7-13(14)8-15/h3-4,7,11,16H,5-6,9-10H2,1-2H3. The van der Waals surface area contributed by atoms with Crippen molar-refractivity contribution < 1.29 is 0 Å². The summed E-state index contributed by atoms with van der Waals surface area (Å²) < 4.78 is 0. The normalized spacial score (nSPS) is 19.6. The van der Waals surface area contributed by atoms with E-state index in [0.29, 0.717) is 6.04 Å². The van der Waals surface area contributed by atoms with Crippen molar-refractivity contribution in [1.82, 2.24) is 5.32 Å². The Morgan fingerprint density at radius 3 is 3.06 bits per heavy atom. The monoisotopic (exact) mass is 261 g/mol. The molecule has 1 aromatic rings. The molecule has 1 N–H and O–H groups in total. The molecule has 1 heterocycles. The molecule has 1 fully saturated rings. The molecule has 0 spiro atoms. The molecule has 1 atom stereocenters. The predicted molar refractivity (Wildman–Crippen MR) is 78.1 cm³/mol.